The van der Waals surface area contributed by atoms with Crippen LogP contribution in [0.1, 0.15) is 5.56 Å². The Morgan fingerprint density at radius 1 is 1.19 bits per heavy atom. The summed E-state index contributed by atoms with van der Waals surface area (Å²) in [6, 6.07) is 11.4. The molecule has 0 spiro atoms. The Kier molecular flexibility index (Phi) is 3.20. The Labute approximate surface area is 94.9 Å². The summed E-state index contributed by atoms with van der Waals surface area (Å²) in [4.78, 5) is 3.98. The minimum absolute atomic E-state index is 0.615. The molecular formula is C14H11NO. The van der Waals surface area contributed by atoms with Gasteiger partial charge in [-0.1, -0.05) is 12.1 Å². The molecule has 0 fully saturated rings. The van der Waals surface area contributed by atoms with E-state index in [9.17, 15) is 0 Å². The first kappa shape index (κ1) is 10.3. The van der Waals surface area contributed by atoms with Crippen LogP contribution in [0.2, 0.25) is 0 Å². The Bertz CT molecular complexity index is 500. The van der Waals surface area contributed by atoms with Crippen LogP contribution in [0.3, 0.4) is 0 Å². The molecule has 0 bridgehead atoms. The highest BCUT2D eigenvalue weighted by Gasteiger charge is 1.97. The van der Waals surface area contributed by atoms with Gasteiger partial charge in [-0.2, -0.15) is 0 Å². The molecule has 0 saturated carbocycles. The van der Waals surface area contributed by atoms with Gasteiger partial charge in [0.25, 0.3) is 0 Å². The molecule has 0 unspecified atom stereocenters. The molecular weight excluding hydrogens is 198 g/mol. The lowest BCUT2D eigenvalue weighted by atomic mass is 10.1. The molecule has 0 N–H and O–H groups in total. The molecule has 0 aliphatic rings. The maximum absolute atomic E-state index is 5.63. The zero-order valence-electron chi connectivity index (χ0n) is 8.76. The average molecular weight is 209 g/mol. The molecule has 16 heavy (non-hydrogen) atoms. The maximum atomic E-state index is 5.63. The maximum Gasteiger partial charge on any atom is 0.145 e. The number of hydrogen-bond acceptors (Lipinski definition) is 2. The second-order valence-electron chi connectivity index (χ2n) is 3.32. The van der Waals surface area contributed by atoms with Crippen LogP contribution in [0.5, 0.6) is 11.5 Å². The van der Waals surface area contributed by atoms with E-state index in [1.54, 1.807) is 12.4 Å². The molecule has 78 valence electrons. The van der Waals surface area contributed by atoms with Gasteiger partial charge in [0.05, 0.1) is 6.20 Å². The highest BCUT2D eigenvalue weighted by molar-refractivity contribution is 5.34. The number of benzene rings is 1. The average Bonchev–Trinajstić information content (AvgIpc) is 2.31. The molecule has 0 atom stereocenters. The highest BCUT2D eigenvalue weighted by Crippen LogP contribution is 2.21. The molecule has 1 aromatic carbocycles. The van der Waals surface area contributed by atoms with E-state index in [2.05, 4.69) is 10.9 Å². The second kappa shape index (κ2) is 4.99. The molecule has 0 aliphatic carbocycles. The Morgan fingerprint density at radius 2 is 2.06 bits per heavy atom. The van der Waals surface area contributed by atoms with Crippen molar-refractivity contribution in [2.45, 2.75) is 6.42 Å². The van der Waals surface area contributed by atoms with Crippen molar-refractivity contribution in [1.29, 1.82) is 0 Å². The zero-order valence-corrected chi connectivity index (χ0v) is 8.76. The van der Waals surface area contributed by atoms with Crippen LogP contribution in [-0.2, 0) is 6.42 Å². The van der Waals surface area contributed by atoms with E-state index in [4.69, 9.17) is 11.2 Å². The fourth-order valence-electron chi connectivity index (χ4n) is 1.38. The van der Waals surface area contributed by atoms with E-state index >= 15 is 0 Å². The number of ether oxygens (including phenoxy) is 1. The van der Waals surface area contributed by atoms with Crippen LogP contribution in [-0.4, -0.2) is 4.98 Å². The standard InChI is InChI=1S/C14H11NO/c1-2-5-12-6-3-7-13(10-12)16-14-8-4-9-15-11-14/h1,3-4,6-11H,5H2. The first-order valence-electron chi connectivity index (χ1n) is 4.99. The van der Waals surface area contributed by atoms with E-state index in [1.165, 1.54) is 0 Å². The SMILES string of the molecule is C#CCc1cccc(Oc2cccnc2)c1. The van der Waals surface area contributed by atoms with Gasteiger partial charge >= 0.3 is 0 Å². The number of nitrogens with zero attached hydrogens (tertiary/aromatic N) is 1. The third kappa shape index (κ3) is 2.61. The van der Waals surface area contributed by atoms with Crippen molar-refractivity contribution < 1.29 is 4.74 Å². The summed E-state index contributed by atoms with van der Waals surface area (Å²) < 4.78 is 5.63. The highest BCUT2D eigenvalue weighted by atomic mass is 16.5. The summed E-state index contributed by atoms with van der Waals surface area (Å²) >= 11 is 0. The zero-order chi connectivity index (χ0) is 11.2. The summed E-state index contributed by atoms with van der Waals surface area (Å²) in [7, 11) is 0. The lowest BCUT2D eigenvalue weighted by molar-refractivity contribution is 0.480. The normalized spacial score (nSPS) is 9.44. The van der Waals surface area contributed by atoms with Crippen LogP contribution in [0.25, 0.3) is 0 Å². The molecule has 2 heteroatoms. The number of terminal acetylenes is 1. The monoisotopic (exact) mass is 209 g/mol. The number of hydrogen-bond donors (Lipinski definition) is 0. The topological polar surface area (TPSA) is 22.1 Å². The van der Waals surface area contributed by atoms with Gasteiger partial charge in [0, 0.05) is 12.6 Å². The summed E-state index contributed by atoms with van der Waals surface area (Å²) in [5.41, 5.74) is 1.07. The largest absolute Gasteiger partial charge is 0.456 e. The van der Waals surface area contributed by atoms with Crippen LogP contribution >= 0.6 is 0 Å². The van der Waals surface area contributed by atoms with Crippen molar-refractivity contribution in [3.8, 4) is 23.8 Å². The first-order valence-corrected chi connectivity index (χ1v) is 4.99. The predicted molar refractivity (Wildman–Crippen MR) is 63.3 cm³/mol. The van der Waals surface area contributed by atoms with Crippen LogP contribution < -0.4 is 4.74 Å². The van der Waals surface area contributed by atoms with Crippen LogP contribution in [0.15, 0.2) is 48.8 Å². The summed E-state index contributed by atoms with van der Waals surface area (Å²) in [6.07, 6.45) is 9.26. The molecule has 1 aromatic heterocycles. The fourth-order valence-corrected chi connectivity index (χ4v) is 1.38. The van der Waals surface area contributed by atoms with E-state index in [0.717, 1.165) is 17.1 Å². The van der Waals surface area contributed by atoms with Crippen molar-refractivity contribution >= 4 is 0 Å². The molecule has 0 aliphatic heterocycles. The molecule has 2 nitrogen and oxygen atoms in total. The van der Waals surface area contributed by atoms with E-state index < -0.39 is 0 Å². The van der Waals surface area contributed by atoms with Crippen molar-refractivity contribution in [2.75, 3.05) is 0 Å². The van der Waals surface area contributed by atoms with Crippen LogP contribution in [0, 0.1) is 12.3 Å². The molecule has 2 rings (SSSR count). The van der Waals surface area contributed by atoms with Gasteiger partial charge in [-0.3, -0.25) is 4.98 Å². The Morgan fingerprint density at radius 3 is 2.81 bits per heavy atom. The van der Waals surface area contributed by atoms with E-state index in [1.807, 2.05) is 36.4 Å². The molecule has 2 aromatic rings. The van der Waals surface area contributed by atoms with Crippen molar-refractivity contribution in [2.24, 2.45) is 0 Å². The van der Waals surface area contributed by atoms with Crippen molar-refractivity contribution in [3.05, 3.63) is 54.4 Å². The van der Waals surface area contributed by atoms with Gasteiger partial charge in [0.15, 0.2) is 0 Å². The summed E-state index contributed by atoms with van der Waals surface area (Å²) in [5.74, 6) is 4.11. The van der Waals surface area contributed by atoms with Crippen molar-refractivity contribution in [1.82, 2.24) is 4.98 Å². The van der Waals surface area contributed by atoms with Gasteiger partial charge < -0.3 is 4.74 Å². The lowest BCUT2D eigenvalue weighted by Gasteiger charge is -2.05. The molecule has 0 amide bonds. The summed E-state index contributed by atoms with van der Waals surface area (Å²) in [5, 5.41) is 0. The predicted octanol–water partition coefficient (Wildman–Crippen LogP) is 3.05. The smallest absolute Gasteiger partial charge is 0.145 e. The van der Waals surface area contributed by atoms with Gasteiger partial charge in [-0.15, -0.1) is 12.3 Å². The molecule has 0 saturated heterocycles. The molecule has 0 radical (unpaired) electrons. The Balaban J connectivity index is 2.16. The third-order valence-corrected chi connectivity index (χ3v) is 2.07. The minimum atomic E-state index is 0.615. The first-order chi connectivity index (χ1) is 7.88. The second-order valence-corrected chi connectivity index (χ2v) is 3.32. The number of rotatable bonds is 3. The van der Waals surface area contributed by atoms with Crippen LogP contribution in [0.4, 0.5) is 0 Å². The number of aromatic nitrogens is 1. The van der Waals surface area contributed by atoms with Gasteiger partial charge in [-0.05, 0) is 29.8 Å². The minimum Gasteiger partial charge on any atom is -0.456 e. The Hall–Kier alpha value is -2.27. The van der Waals surface area contributed by atoms with Gasteiger partial charge in [0.2, 0.25) is 0 Å². The quantitative estimate of drug-likeness (QED) is 0.725. The third-order valence-electron chi connectivity index (χ3n) is 2.07. The van der Waals surface area contributed by atoms with Gasteiger partial charge in [0.1, 0.15) is 11.5 Å². The van der Waals surface area contributed by atoms with Crippen molar-refractivity contribution in [3.63, 3.8) is 0 Å². The van der Waals surface area contributed by atoms with E-state index in [0.29, 0.717) is 6.42 Å². The molecule has 1 heterocycles. The summed E-state index contributed by atoms with van der Waals surface area (Å²) in [6.45, 7) is 0. The fraction of sp³-hybridized carbons (Fsp3) is 0.0714. The van der Waals surface area contributed by atoms with E-state index in [-0.39, 0.29) is 0 Å². The van der Waals surface area contributed by atoms with Gasteiger partial charge in [-0.25, -0.2) is 0 Å². The lowest BCUT2D eigenvalue weighted by Crippen LogP contribution is -1.87. The number of pyridine rings is 1.